The minimum absolute atomic E-state index is 0.0267. The zero-order valence-corrected chi connectivity index (χ0v) is 33.2. The predicted octanol–water partition coefficient (Wildman–Crippen LogP) is 6.15. The highest BCUT2D eigenvalue weighted by Gasteiger charge is 2.68. The van der Waals surface area contributed by atoms with E-state index in [1.54, 1.807) is 4.90 Å². The van der Waals surface area contributed by atoms with Crippen molar-refractivity contribution in [3.63, 3.8) is 0 Å². The van der Waals surface area contributed by atoms with Crippen molar-refractivity contribution in [1.82, 2.24) is 20.4 Å². The molecule has 2 aromatic carbocycles. The van der Waals surface area contributed by atoms with Crippen LogP contribution in [0.3, 0.4) is 0 Å². The van der Waals surface area contributed by atoms with E-state index in [1.807, 2.05) is 61.5 Å². The standard InChI is InChI=1S/C43H57BN4O8/c1-5-36(44-55-35-21-31-20-34(42(31,2)3)43(35,4)56-44)45-38(49)33-22-32(54-41(52)47-23-29-18-12-13-19-30(29)24-47)25-48(33)39(50)37(28-16-10-7-11-17-28)46-40(51)53-26-27-14-8-6-9-15-27/h6,8-9,12-15,18-19,28,31-37H,5,7,10-11,16-17,20-26H2,1-4H3,(H,45,49)(H,46,51)/t31-,32-,33+,34-,35-,36+,37+,43+/m1/s1. The molecule has 13 heteroatoms. The van der Waals surface area contributed by atoms with Gasteiger partial charge >= 0.3 is 19.3 Å². The number of amides is 4. The summed E-state index contributed by atoms with van der Waals surface area (Å²) in [5.41, 5.74) is 2.72. The lowest BCUT2D eigenvalue weighted by molar-refractivity contribution is -0.199. The minimum Gasteiger partial charge on any atom is -0.445 e. The quantitative estimate of drug-likeness (QED) is 0.275. The molecule has 3 heterocycles. The van der Waals surface area contributed by atoms with Crippen LogP contribution in [0.1, 0.15) is 102 Å². The summed E-state index contributed by atoms with van der Waals surface area (Å²) in [5.74, 6) is -0.339. The van der Waals surface area contributed by atoms with Gasteiger partial charge in [0, 0.05) is 19.5 Å². The number of nitrogens with one attached hydrogen (secondary N) is 2. The van der Waals surface area contributed by atoms with Crippen molar-refractivity contribution in [2.45, 2.75) is 141 Å². The van der Waals surface area contributed by atoms with Gasteiger partial charge in [0.05, 0.1) is 24.2 Å². The zero-order valence-electron chi connectivity index (χ0n) is 33.2. The molecule has 2 saturated heterocycles. The van der Waals surface area contributed by atoms with Crippen molar-refractivity contribution in [3.8, 4) is 0 Å². The first kappa shape index (κ1) is 38.8. The molecule has 4 amide bonds. The van der Waals surface area contributed by atoms with Gasteiger partial charge in [0.15, 0.2) is 0 Å². The van der Waals surface area contributed by atoms with Gasteiger partial charge in [-0.3, -0.25) is 14.5 Å². The van der Waals surface area contributed by atoms with Crippen LogP contribution in [0.4, 0.5) is 9.59 Å². The fourth-order valence-corrected chi connectivity index (χ4v) is 10.7. The van der Waals surface area contributed by atoms with Gasteiger partial charge in [0.25, 0.3) is 0 Å². The molecule has 8 atom stereocenters. The highest BCUT2D eigenvalue weighted by atomic mass is 16.7. The van der Waals surface area contributed by atoms with Crippen LogP contribution in [0.25, 0.3) is 0 Å². The second-order valence-electron chi connectivity index (χ2n) is 17.8. The van der Waals surface area contributed by atoms with Gasteiger partial charge in [-0.2, -0.15) is 0 Å². The second kappa shape index (κ2) is 15.7. The van der Waals surface area contributed by atoms with E-state index < -0.39 is 49.0 Å². The molecule has 56 heavy (non-hydrogen) atoms. The minimum atomic E-state index is -0.940. The number of fused-ring (bicyclic) bond motifs is 1. The first-order chi connectivity index (χ1) is 26.9. The van der Waals surface area contributed by atoms with E-state index in [9.17, 15) is 19.2 Å². The first-order valence-electron chi connectivity index (χ1n) is 20.9. The largest absolute Gasteiger partial charge is 0.481 e. The molecule has 0 spiro atoms. The summed E-state index contributed by atoms with van der Waals surface area (Å²) in [5, 5.41) is 6.11. The average molecular weight is 769 g/mol. The van der Waals surface area contributed by atoms with E-state index in [4.69, 9.17) is 18.8 Å². The van der Waals surface area contributed by atoms with E-state index in [2.05, 4.69) is 31.4 Å². The monoisotopic (exact) mass is 768 g/mol. The number of likely N-dealkylation sites (tertiary alicyclic amines) is 1. The fourth-order valence-electron chi connectivity index (χ4n) is 10.7. The van der Waals surface area contributed by atoms with Crippen LogP contribution in [0.15, 0.2) is 54.6 Å². The zero-order chi connectivity index (χ0) is 39.2. The van der Waals surface area contributed by atoms with Crippen LogP contribution in [0, 0.1) is 23.2 Å². The molecule has 0 unspecified atom stereocenters. The Labute approximate surface area is 330 Å². The van der Waals surface area contributed by atoms with Gasteiger partial charge in [-0.1, -0.05) is 94.6 Å². The molecule has 6 fully saturated rings. The maximum Gasteiger partial charge on any atom is 0.481 e. The Morgan fingerprint density at radius 1 is 0.911 bits per heavy atom. The van der Waals surface area contributed by atoms with Gasteiger partial charge < -0.3 is 34.3 Å². The van der Waals surface area contributed by atoms with Crippen LogP contribution in [-0.2, 0) is 48.1 Å². The Balaban J connectivity index is 0.997. The van der Waals surface area contributed by atoms with E-state index >= 15 is 0 Å². The van der Waals surface area contributed by atoms with Crippen molar-refractivity contribution >= 4 is 31.1 Å². The lowest BCUT2D eigenvalue weighted by atomic mass is 9.43. The fraction of sp³-hybridized carbons (Fsp3) is 0.628. The molecule has 4 saturated carbocycles. The van der Waals surface area contributed by atoms with Gasteiger partial charge in [-0.05, 0) is 78.9 Å². The van der Waals surface area contributed by atoms with Crippen LogP contribution < -0.4 is 10.6 Å². The third-order valence-electron chi connectivity index (χ3n) is 14.2. The number of alkyl carbamates (subject to hydrolysis) is 1. The Morgan fingerprint density at radius 3 is 2.29 bits per heavy atom. The summed E-state index contributed by atoms with van der Waals surface area (Å²) in [7, 11) is -0.624. The SMILES string of the molecule is CC[C@H](NC(=O)[C@@H]1C[C@@H](OC(=O)N2Cc3ccccc3C2)CN1C(=O)[C@@H](NC(=O)OCc1ccccc1)C1CCCCC1)B1O[C@@H]2C[C@H]3C[C@H](C3(C)C)[C@]2(C)O1. The Bertz CT molecular complexity index is 1760. The molecule has 3 aliphatic heterocycles. The average Bonchev–Trinajstić information content (AvgIpc) is 3.93. The molecule has 2 N–H and O–H groups in total. The molecule has 0 radical (unpaired) electrons. The molecular weight excluding hydrogens is 711 g/mol. The number of rotatable bonds is 10. The van der Waals surface area contributed by atoms with Gasteiger partial charge in [0.1, 0.15) is 24.8 Å². The van der Waals surface area contributed by atoms with E-state index in [0.717, 1.165) is 61.6 Å². The molecule has 2 aromatic rings. The number of carbonyl (C=O) groups excluding carboxylic acids is 4. The predicted molar refractivity (Wildman–Crippen MR) is 209 cm³/mol. The third-order valence-corrected chi connectivity index (χ3v) is 14.2. The Hall–Kier alpha value is -4.10. The number of benzene rings is 2. The maximum atomic E-state index is 14.8. The molecule has 300 valence electrons. The first-order valence-corrected chi connectivity index (χ1v) is 20.9. The van der Waals surface area contributed by atoms with Crippen molar-refractivity contribution in [2.75, 3.05) is 6.54 Å². The number of carbonyl (C=O) groups is 4. The molecule has 0 aromatic heterocycles. The van der Waals surface area contributed by atoms with Crippen LogP contribution in [0.5, 0.6) is 0 Å². The topological polar surface area (TPSA) is 136 Å². The van der Waals surface area contributed by atoms with Crippen molar-refractivity contribution < 1.29 is 38.0 Å². The lowest BCUT2D eigenvalue weighted by Crippen LogP contribution is -2.65. The van der Waals surface area contributed by atoms with Crippen LogP contribution in [-0.4, -0.2) is 83.3 Å². The number of hydrogen-bond donors (Lipinski definition) is 2. The third kappa shape index (κ3) is 7.41. The van der Waals surface area contributed by atoms with Crippen molar-refractivity contribution in [2.24, 2.45) is 23.2 Å². The van der Waals surface area contributed by atoms with Gasteiger partial charge in [-0.15, -0.1) is 0 Å². The highest BCUT2D eigenvalue weighted by Crippen LogP contribution is 2.65. The van der Waals surface area contributed by atoms with Crippen LogP contribution in [0.2, 0.25) is 0 Å². The van der Waals surface area contributed by atoms with Gasteiger partial charge in [0.2, 0.25) is 11.8 Å². The molecule has 12 nitrogen and oxygen atoms in total. The van der Waals surface area contributed by atoms with E-state index in [0.29, 0.717) is 31.3 Å². The van der Waals surface area contributed by atoms with Crippen molar-refractivity contribution in [3.05, 3.63) is 71.3 Å². The maximum absolute atomic E-state index is 14.8. The van der Waals surface area contributed by atoms with E-state index in [-0.39, 0.29) is 48.8 Å². The van der Waals surface area contributed by atoms with Crippen LogP contribution >= 0.6 is 0 Å². The number of nitrogens with zero attached hydrogens (tertiary/aromatic N) is 2. The summed E-state index contributed by atoms with van der Waals surface area (Å²) in [6.45, 7) is 9.75. The molecule has 9 rings (SSSR count). The molecule has 2 bridgehead atoms. The smallest absolute Gasteiger partial charge is 0.445 e. The lowest BCUT2D eigenvalue weighted by Gasteiger charge is -2.64. The summed E-state index contributed by atoms with van der Waals surface area (Å²) in [4.78, 5) is 59.3. The molecule has 4 aliphatic carbocycles. The summed E-state index contributed by atoms with van der Waals surface area (Å²) < 4.78 is 25.0. The van der Waals surface area contributed by atoms with Crippen molar-refractivity contribution in [1.29, 1.82) is 0 Å². The Kier molecular flexibility index (Phi) is 10.9. The molecule has 7 aliphatic rings. The summed E-state index contributed by atoms with van der Waals surface area (Å²) in [6.07, 6.45) is 5.28. The summed E-state index contributed by atoms with van der Waals surface area (Å²) in [6, 6.07) is 15.5. The normalized spacial score (nSPS) is 30.1. The van der Waals surface area contributed by atoms with E-state index in [1.165, 1.54) is 4.90 Å². The summed E-state index contributed by atoms with van der Waals surface area (Å²) >= 11 is 0. The van der Waals surface area contributed by atoms with Gasteiger partial charge in [-0.25, -0.2) is 9.59 Å². The Morgan fingerprint density at radius 2 is 1.61 bits per heavy atom. The number of hydrogen-bond acceptors (Lipinski definition) is 8. The number of ether oxygens (including phenoxy) is 2. The molecular formula is C43H57BN4O8. The second-order valence-corrected chi connectivity index (χ2v) is 17.8. The highest BCUT2D eigenvalue weighted by molar-refractivity contribution is 6.47.